The van der Waals surface area contributed by atoms with Gasteiger partial charge in [-0.3, -0.25) is 14.4 Å². The maximum absolute atomic E-state index is 13.9. The number of carbonyl (C=O) groups excluding carboxylic acids is 2. The van der Waals surface area contributed by atoms with Crippen LogP contribution in [0, 0.1) is 0 Å². The SMILES string of the molecule is CCCC(c1ccc(C(=O)NCCC(=O)O)cc1)C(C(=O)Nc1ccc(OC)c(OC)c1)c1ccc(OC(F)(F)F)cc1. The molecule has 3 aromatic carbocycles. The number of hydrogen-bond donors (Lipinski definition) is 3. The smallest absolute Gasteiger partial charge is 0.493 e. The standard InChI is InChI=1S/C31H33F3N2O7/c1-4-5-24(19-6-8-21(9-7-19)29(39)35-17-16-27(37)38)28(20-10-13-23(14-11-20)43-31(32,33)34)30(40)36-22-12-15-25(41-2)26(18-22)42-3/h6-15,18,24,28H,4-5,16-17H2,1-3H3,(H,35,39)(H,36,40)(H,37,38). The molecule has 0 aliphatic carbocycles. The van der Waals surface area contributed by atoms with Crippen molar-refractivity contribution in [1.29, 1.82) is 0 Å². The van der Waals surface area contributed by atoms with Gasteiger partial charge in [0, 0.05) is 23.9 Å². The van der Waals surface area contributed by atoms with Gasteiger partial charge in [0.05, 0.1) is 26.6 Å². The fourth-order valence-corrected chi connectivity index (χ4v) is 4.68. The van der Waals surface area contributed by atoms with Gasteiger partial charge < -0.3 is 30.0 Å². The summed E-state index contributed by atoms with van der Waals surface area (Å²) in [7, 11) is 2.95. The third-order valence-electron chi connectivity index (χ3n) is 6.63. The number of ether oxygens (including phenoxy) is 3. The Bertz CT molecular complexity index is 1390. The summed E-state index contributed by atoms with van der Waals surface area (Å²) in [5.41, 5.74) is 1.92. The highest BCUT2D eigenvalue weighted by molar-refractivity contribution is 5.97. The zero-order valence-electron chi connectivity index (χ0n) is 23.9. The van der Waals surface area contributed by atoms with Crippen LogP contribution >= 0.6 is 0 Å². The Morgan fingerprint density at radius 1 is 0.884 bits per heavy atom. The van der Waals surface area contributed by atoms with Crippen molar-refractivity contribution in [3.63, 3.8) is 0 Å². The molecule has 0 saturated heterocycles. The molecule has 0 heterocycles. The van der Waals surface area contributed by atoms with E-state index in [-0.39, 0.29) is 13.0 Å². The number of aliphatic carboxylic acids is 1. The normalized spacial score (nSPS) is 12.5. The number of amides is 2. The number of methoxy groups -OCH3 is 2. The van der Waals surface area contributed by atoms with Crippen LogP contribution in [-0.4, -0.2) is 50.0 Å². The number of alkyl halides is 3. The molecule has 0 fully saturated rings. The molecular weight excluding hydrogens is 569 g/mol. The van der Waals surface area contributed by atoms with Gasteiger partial charge in [-0.2, -0.15) is 0 Å². The summed E-state index contributed by atoms with van der Waals surface area (Å²) >= 11 is 0. The van der Waals surface area contributed by atoms with Crippen LogP contribution in [0.2, 0.25) is 0 Å². The predicted octanol–water partition coefficient (Wildman–Crippen LogP) is 6.11. The average Bonchev–Trinajstić information content (AvgIpc) is 2.96. The van der Waals surface area contributed by atoms with Gasteiger partial charge in [0.15, 0.2) is 11.5 Å². The summed E-state index contributed by atoms with van der Waals surface area (Å²) < 4.78 is 52.9. The molecule has 0 saturated carbocycles. The second-order valence-electron chi connectivity index (χ2n) is 9.57. The van der Waals surface area contributed by atoms with Crippen LogP contribution < -0.4 is 24.8 Å². The zero-order valence-corrected chi connectivity index (χ0v) is 23.9. The minimum Gasteiger partial charge on any atom is -0.493 e. The summed E-state index contributed by atoms with van der Waals surface area (Å²) in [5, 5.41) is 14.2. The Kier molecular flexibility index (Phi) is 11.4. The van der Waals surface area contributed by atoms with Crippen LogP contribution in [0.1, 0.15) is 59.5 Å². The van der Waals surface area contributed by atoms with Crippen LogP contribution in [-0.2, 0) is 9.59 Å². The summed E-state index contributed by atoms with van der Waals surface area (Å²) in [4.78, 5) is 37.1. The number of nitrogens with one attached hydrogen (secondary N) is 2. The molecule has 3 rings (SSSR count). The summed E-state index contributed by atoms with van der Waals surface area (Å²) in [6.07, 6.45) is -3.86. The molecule has 0 radical (unpaired) electrons. The first-order chi connectivity index (χ1) is 20.4. The molecule has 3 N–H and O–H groups in total. The van der Waals surface area contributed by atoms with E-state index in [0.29, 0.717) is 41.2 Å². The van der Waals surface area contributed by atoms with E-state index in [4.69, 9.17) is 14.6 Å². The second kappa shape index (κ2) is 14.9. The topological polar surface area (TPSA) is 123 Å². The van der Waals surface area contributed by atoms with Crippen LogP contribution in [0.5, 0.6) is 17.2 Å². The molecule has 43 heavy (non-hydrogen) atoms. The molecule has 0 aromatic heterocycles. The Labute approximate surface area is 247 Å². The number of halogens is 3. The summed E-state index contributed by atoms with van der Waals surface area (Å²) in [6.45, 7) is 1.92. The van der Waals surface area contributed by atoms with Gasteiger partial charge in [0.25, 0.3) is 5.91 Å². The van der Waals surface area contributed by atoms with E-state index < -0.39 is 41.7 Å². The molecule has 3 aromatic rings. The molecule has 2 unspecified atom stereocenters. The largest absolute Gasteiger partial charge is 0.573 e. The van der Waals surface area contributed by atoms with Gasteiger partial charge in [0.2, 0.25) is 5.91 Å². The molecule has 9 nitrogen and oxygen atoms in total. The second-order valence-corrected chi connectivity index (χ2v) is 9.57. The highest BCUT2D eigenvalue weighted by atomic mass is 19.4. The minimum absolute atomic E-state index is 0.0270. The van der Waals surface area contributed by atoms with Gasteiger partial charge in [-0.25, -0.2) is 0 Å². The number of hydrogen-bond acceptors (Lipinski definition) is 6. The van der Waals surface area contributed by atoms with Crippen molar-refractivity contribution in [1.82, 2.24) is 5.32 Å². The highest BCUT2D eigenvalue weighted by Gasteiger charge is 2.33. The highest BCUT2D eigenvalue weighted by Crippen LogP contribution is 2.39. The quantitative estimate of drug-likeness (QED) is 0.203. The predicted molar refractivity (Wildman–Crippen MR) is 153 cm³/mol. The number of carbonyl (C=O) groups is 3. The van der Waals surface area contributed by atoms with Crippen molar-refractivity contribution in [2.75, 3.05) is 26.1 Å². The maximum atomic E-state index is 13.9. The first-order valence-corrected chi connectivity index (χ1v) is 13.4. The Hall–Kier alpha value is -4.74. The molecular formula is C31H33F3N2O7. The van der Waals surface area contributed by atoms with E-state index in [9.17, 15) is 27.6 Å². The Morgan fingerprint density at radius 2 is 1.51 bits per heavy atom. The monoisotopic (exact) mass is 602 g/mol. The summed E-state index contributed by atoms with van der Waals surface area (Å²) in [6, 6.07) is 16.6. The maximum Gasteiger partial charge on any atom is 0.573 e. The van der Waals surface area contributed by atoms with E-state index in [2.05, 4.69) is 15.4 Å². The molecule has 2 atom stereocenters. The van der Waals surface area contributed by atoms with E-state index in [0.717, 1.165) is 17.7 Å². The fourth-order valence-electron chi connectivity index (χ4n) is 4.68. The number of benzene rings is 3. The first-order valence-electron chi connectivity index (χ1n) is 13.4. The third kappa shape index (κ3) is 9.38. The average molecular weight is 603 g/mol. The van der Waals surface area contributed by atoms with Crippen LogP contribution in [0.15, 0.2) is 66.7 Å². The van der Waals surface area contributed by atoms with E-state index in [1.54, 1.807) is 42.5 Å². The number of carboxylic acids is 1. The van der Waals surface area contributed by atoms with Gasteiger partial charge in [-0.05, 0) is 59.9 Å². The van der Waals surface area contributed by atoms with E-state index in [1.807, 2.05) is 6.92 Å². The van der Waals surface area contributed by atoms with Gasteiger partial charge >= 0.3 is 12.3 Å². The third-order valence-corrected chi connectivity index (χ3v) is 6.63. The van der Waals surface area contributed by atoms with Crippen LogP contribution in [0.25, 0.3) is 0 Å². The van der Waals surface area contributed by atoms with Crippen molar-refractivity contribution >= 4 is 23.5 Å². The molecule has 0 spiro atoms. The van der Waals surface area contributed by atoms with Crippen LogP contribution in [0.4, 0.5) is 18.9 Å². The minimum atomic E-state index is -4.86. The zero-order chi connectivity index (χ0) is 31.6. The van der Waals surface area contributed by atoms with Crippen molar-refractivity contribution in [3.8, 4) is 17.2 Å². The van der Waals surface area contributed by atoms with Crippen LogP contribution in [0.3, 0.4) is 0 Å². The van der Waals surface area contributed by atoms with Gasteiger partial charge in [0.1, 0.15) is 5.75 Å². The lowest BCUT2D eigenvalue weighted by Gasteiger charge is -2.28. The Balaban J connectivity index is 1.97. The van der Waals surface area contributed by atoms with E-state index in [1.165, 1.54) is 26.4 Å². The molecule has 230 valence electrons. The molecule has 0 aliphatic heterocycles. The number of rotatable bonds is 14. The molecule has 0 bridgehead atoms. The van der Waals surface area contributed by atoms with Crippen molar-refractivity contribution < 1.29 is 46.9 Å². The van der Waals surface area contributed by atoms with Crippen molar-refractivity contribution in [2.24, 2.45) is 0 Å². The summed E-state index contributed by atoms with van der Waals surface area (Å²) in [5.74, 6) is -2.71. The molecule has 2 amide bonds. The lowest BCUT2D eigenvalue weighted by atomic mass is 9.78. The number of anilines is 1. The number of carboxylic acid groups (broad SMARTS) is 1. The van der Waals surface area contributed by atoms with Gasteiger partial charge in [-0.15, -0.1) is 13.2 Å². The van der Waals surface area contributed by atoms with E-state index >= 15 is 0 Å². The fraction of sp³-hybridized carbons (Fsp3) is 0.323. The first kappa shape index (κ1) is 32.8. The van der Waals surface area contributed by atoms with Crippen molar-refractivity contribution in [2.45, 2.75) is 44.4 Å². The lowest BCUT2D eigenvalue weighted by molar-refractivity contribution is -0.274. The van der Waals surface area contributed by atoms with Gasteiger partial charge in [-0.1, -0.05) is 37.6 Å². The molecule has 12 heteroatoms. The van der Waals surface area contributed by atoms with Crippen molar-refractivity contribution in [3.05, 3.63) is 83.4 Å². The lowest BCUT2D eigenvalue weighted by Crippen LogP contribution is -2.27. The molecule has 0 aliphatic rings. The Morgan fingerprint density at radius 3 is 2.07 bits per heavy atom.